The quantitative estimate of drug-likeness (QED) is 0.822. The van der Waals surface area contributed by atoms with Crippen LogP contribution in [-0.2, 0) is 0 Å². The summed E-state index contributed by atoms with van der Waals surface area (Å²) >= 11 is 0. The highest BCUT2D eigenvalue weighted by Gasteiger charge is 2.47. The smallest absolute Gasteiger partial charge is 0.395 e. The molecule has 10 heteroatoms. The molecule has 1 aromatic rings. The molecule has 1 fully saturated rings. The normalized spacial score (nSPS) is 21.6. The SMILES string of the molecule is Cl.FC1(F)Oc2ccc([C@@H](N3CCNCC3)C(F)(F)F)cc2O1. The van der Waals surface area contributed by atoms with E-state index in [2.05, 4.69) is 14.8 Å². The Hall–Kier alpha value is -1.32. The molecule has 0 radical (unpaired) electrons. The Balaban J connectivity index is 0.00000192. The number of nitrogens with one attached hydrogen (secondary N) is 1. The van der Waals surface area contributed by atoms with Gasteiger partial charge in [-0.2, -0.15) is 13.2 Å². The van der Waals surface area contributed by atoms with Crippen LogP contribution in [0.3, 0.4) is 0 Å². The van der Waals surface area contributed by atoms with E-state index in [0.29, 0.717) is 13.1 Å². The summed E-state index contributed by atoms with van der Waals surface area (Å²) in [5.74, 6) is -0.651. The average Bonchev–Trinajstić information content (AvgIpc) is 2.71. The minimum absolute atomic E-state index is 0. The molecule has 2 aliphatic rings. The number of fused-ring (bicyclic) bond motifs is 1. The monoisotopic (exact) mass is 360 g/mol. The topological polar surface area (TPSA) is 33.7 Å². The van der Waals surface area contributed by atoms with Gasteiger partial charge in [0.15, 0.2) is 11.5 Å². The molecule has 1 N–H and O–H groups in total. The highest BCUT2D eigenvalue weighted by molar-refractivity contribution is 5.85. The van der Waals surface area contributed by atoms with E-state index in [9.17, 15) is 22.0 Å². The van der Waals surface area contributed by atoms with E-state index in [1.165, 1.54) is 4.90 Å². The van der Waals surface area contributed by atoms with Crippen LogP contribution in [0.2, 0.25) is 0 Å². The molecular weight excluding hydrogens is 347 g/mol. The maximum Gasteiger partial charge on any atom is 0.586 e. The van der Waals surface area contributed by atoms with E-state index in [1.807, 2.05) is 0 Å². The lowest BCUT2D eigenvalue weighted by Crippen LogP contribution is -2.49. The number of ether oxygens (including phenoxy) is 2. The van der Waals surface area contributed by atoms with Crippen molar-refractivity contribution in [2.75, 3.05) is 26.2 Å². The lowest BCUT2D eigenvalue weighted by atomic mass is 10.0. The highest BCUT2D eigenvalue weighted by atomic mass is 35.5. The van der Waals surface area contributed by atoms with Crippen LogP contribution in [0.1, 0.15) is 11.6 Å². The fourth-order valence-corrected chi connectivity index (χ4v) is 2.68. The molecule has 1 atom stereocenters. The molecule has 0 amide bonds. The van der Waals surface area contributed by atoms with E-state index in [4.69, 9.17) is 0 Å². The molecule has 0 aliphatic carbocycles. The number of piperazine rings is 1. The minimum Gasteiger partial charge on any atom is -0.395 e. The van der Waals surface area contributed by atoms with Crippen molar-refractivity contribution < 1.29 is 31.4 Å². The Morgan fingerprint density at radius 1 is 1.09 bits per heavy atom. The van der Waals surface area contributed by atoms with Crippen LogP contribution in [0.5, 0.6) is 11.5 Å². The summed E-state index contributed by atoms with van der Waals surface area (Å²) in [5, 5.41) is 2.97. The van der Waals surface area contributed by atoms with Crippen molar-refractivity contribution >= 4 is 12.4 Å². The van der Waals surface area contributed by atoms with E-state index < -0.39 is 18.5 Å². The summed E-state index contributed by atoms with van der Waals surface area (Å²) in [6.45, 7) is 1.31. The average molecular weight is 361 g/mol. The van der Waals surface area contributed by atoms with Gasteiger partial charge in [-0.25, -0.2) is 0 Å². The zero-order valence-corrected chi connectivity index (χ0v) is 12.5. The Morgan fingerprint density at radius 2 is 1.70 bits per heavy atom. The van der Waals surface area contributed by atoms with Crippen LogP contribution in [0, 0.1) is 0 Å². The van der Waals surface area contributed by atoms with Crippen LogP contribution < -0.4 is 14.8 Å². The van der Waals surface area contributed by atoms with Gasteiger partial charge in [0, 0.05) is 26.2 Å². The van der Waals surface area contributed by atoms with Crippen LogP contribution in [-0.4, -0.2) is 43.5 Å². The number of benzene rings is 1. The number of rotatable bonds is 2. The Kier molecular flexibility index (Phi) is 4.93. The van der Waals surface area contributed by atoms with Crippen LogP contribution in [0.4, 0.5) is 22.0 Å². The molecular formula is C13H14ClF5N2O2. The molecule has 4 nitrogen and oxygen atoms in total. The van der Waals surface area contributed by atoms with Crippen molar-refractivity contribution in [3.8, 4) is 11.5 Å². The molecule has 3 rings (SSSR count). The number of hydrogen-bond acceptors (Lipinski definition) is 4. The third-order valence-electron chi connectivity index (χ3n) is 3.57. The molecule has 0 unspecified atom stereocenters. The lowest BCUT2D eigenvalue weighted by Gasteiger charge is -2.36. The maximum absolute atomic E-state index is 13.4. The van der Waals surface area contributed by atoms with Crippen LogP contribution in [0.25, 0.3) is 0 Å². The van der Waals surface area contributed by atoms with E-state index in [-0.39, 0.29) is 42.6 Å². The molecule has 1 aromatic carbocycles. The predicted octanol–water partition coefficient (Wildman–Crippen LogP) is 2.94. The summed E-state index contributed by atoms with van der Waals surface area (Å²) in [5.41, 5.74) is -0.144. The third kappa shape index (κ3) is 3.78. The first kappa shape index (κ1) is 18.0. The van der Waals surface area contributed by atoms with Gasteiger partial charge < -0.3 is 14.8 Å². The summed E-state index contributed by atoms with van der Waals surface area (Å²) in [6, 6.07) is 1.32. The largest absolute Gasteiger partial charge is 0.586 e. The van der Waals surface area contributed by atoms with Gasteiger partial charge in [0.05, 0.1) is 0 Å². The molecule has 0 bridgehead atoms. The molecule has 0 saturated carbocycles. The lowest BCUT2D eigenvalue weighted by molar-refractivity contribution is -0.286. The van der Waals surface area contributed by atoms with Gasteiger partial charge in [-0.1, -0.05) is 6.07 Å². The van der Waals surface area contributed by atoms with E-state index >= 15 is 0 Å². The van der Waals surface area contributed by atoms with E-state index in [0.717, 1.165) is 18.2 Å². The first-order chi connectivity index (χ1) is 10.3. The molecule has 2 heterocycles. The zero-order chi connectivity index (χ0) is 16.0. The number of hydrogen-bond donors (Lipinski definition) is 1. The minimum atomic E-state index is -4.52. The van der Waals surface area contributed by atoms with Crippen molar-refractivity contribution in [3.05, 3.63) is 23.8 Å². The number of nitrogens with zero attached hydrogens (tertiary/aromatic N) is 1. The second kappa shape index (κ2) is 6.29. The van der Waals surface area contributed by atoms with Gasteiger partial charge in [0.2, 0.25) is 0 Å². The molecule has 1 saturated heterocycles. The van der Waals surface area contributed by atoms with Crippen molar-refractivity contribution in [3.63, 3.8) is 0 Å². The summed E-state index contributed by atoms with van der Waals surface area (Å²) in [6.07, 6.45) is -8.36. The second-order valence-corrected chi connectivity index (χ2v) is 5.10. The molecule has 0 aromatic heterocycles. The first-order valence-corrected chi connectivity index (χ1v) is 6.67. The molecule has 23 heavy (non-hydrogen) atoms. The number of alkyl halides is 5. The predicted molar refractivity (Wildman–Crippen MR) is 73.1 cm³/mol. The Morgan fingerprint density at radius 3 is 2.30 bits per heavy atom. The van der Waals surface area contributed by atoms with Gasteiger partial charge in [-0.15, -0.1) is 21.2 Å². The van der Waals surface area contributed by atoms with Crippen LogP contribution in [0.15, 0.2) is 18.2 Å². The Labute approximate surface area is 134 Å². The van der Waals surface area contributed by atoms with Crippen LogP contribution >= 0.6 is 12.4 Å². The van der Waals surface area contributed by atoms with Crippen molar-refractivity contribution in [1.82, 2.24) is 10.2 Å². The van der Waals surface area contributed by atoms with Gasteiger partial charge >= 0.3 is 12.5 Å². The van der Waals surface area contributed by atoms with Gasteiger partial charge in [0.1, 0.15) is 6.04 Å². The summed E-state index contributed by atoms with van der Waals surface area (Å²) in [7, 11) is 0. The number of halogens is 6. The standard InChI is InChI=1S/C13H13F5N2O2.ClH/c14-12(15,16)11(20-5-3-19-4-6-20)8-1-2-9-10(7-8)22-13(17,18)21-9;/h1-2,7,11,19H,3-6H2;1H/t11-;/m1./s1. The second-order valence-electron chi connectivity index (χ2n) is 5.10. The molecule has 0 spiro atoms. The summed E-state index contributed by atoms with van der Waals surface area (Å²) in [4.78, 5) is 1.27. The molecule has 2 aliphatic heterocycles. The van der Waals surface area contributed by atoms with Crippen molar-refractivity contribution in [2.24, 2.45) is 0 Å². The molecule has 130 valence electrons. The van der Waals surface area contributed by atoms with Gasteiger partial charge in [-0.05, 0) is 17.7 Å². The van der Waals surface area contributed by atoms with Crippen molar-refractivity contribution in [2.45, 2.75) is 18.5 Å². The fourth-order valence-electron chi connectivity index (χ4n) is 2.68. The third-order valence-corrected chi connectivity index (χ3v) is 3.57. The fraction of sp³-hybridized carbons (Fsp3) is 0.538. The summed E-state index contributed by atoms with van der Waals surface area (Å²) < 4.78 is 74.6. The van der Waals surface area contributed by atoms with Gasteiger partial charge in [-0.3, -0.25) is 4.90 Å². The zero-order valence-electron chi connectivity index (χ0n) is 11.7. The maximum atomic E-state index is 13.4. The van der Waals surface area contributed by atoms with E-state index in [1.54, 1.807) is 0 Å². The highest BCUT2D eigenvalue weighted by Crippen LogP contribution is 2.45. The Bertz CT molecular complexity index is 564. The first-order valence-electron chi connectivity index (χ1n) is 6.67. The van der Waals surface area contributed by atoms with Gasteiger partial charge in [0.25, 0.3) is 0 Å². The van der Waals surface area contributed by atoms with Crippen molar-refractivity contribution in [1.29, 1.82) is 0 Å².